The third kappa shape index (κ3) is 7.07. The largest absolute Gasteiger partial charge is 0.467 e. The van der Waals surface area contributed by atoms with Gasteiger partial charge >= 0.3 is 5.97 Å². The maximum absolute atomic E-state index is 12.7. The minimum absolute atomic E-state index is 0.00811. The van der Waals surface area contributed by atoms with Crippen molar-refractivity contribution in [3.05, 3.63) is 71.8 Å². The van der Waals surface area contributed by atoms with Crippen LogP contribution in [0.5, 0.6) is 0 Å². The number of ether oxygens (including phenoxy) is 1. The van der Waals surface area contributed by atoms with E-state index in [4.69, 9.17) is 4.74 Å². The Morgan fingerprint density at radius 1 is 0.897 bits per heavy atom. The van der Waals surface area contributed by atoms with Gasteiger partial charge in [-0.1, -0.05) is 62.4 Å². The lowest BCUT2D eigenvalue weighted by Crippen LogP contribution is -2.44. The van der Waals surface area contributed by atoms with Gasteiger partial charge in [-0.05, 0) is 30.0 Å². The fourth-order valence-electron chi connectivity index (χ4n) is 3.04. The first-order chi connectivity index (χ1) is 13.9. The minimum atomic E-state index is -0.714. The molecule has 0 saturated heterocycles. The zero-order valence-corrected chi connectivity index (χ0v) is 17.1. The second-order valence-electron chi connectivity index (χ2n) is 7.28. The summed E-state index contributed by atoms with van der Waals surface area (Å²) >= 11 is 0. The van der Waals surface area contributed by atoms with E-state index in [-0.39, 0.29) is 24.2 Å². The molecule has 6 heteroatoms. The lowest BCUT2D eigenvalue weighted by atomic mass is 10.0. The number of nitrogens with one attached hydrogen (secondary N) is 2. The minimum Gasteiger partial charge on any atom is -0.467 e. The maximum atomic E-state index is 12.7. The summed E-state index contributed by atoms with van der Waals surface area (Å²) in [6.07, 6.45) is 0.485. The summed E-state index contributed by atoms with van der Waals surface area (Å²) in [7, 11) is 1.30. The maximum Gasteiger partial charge on any atom is 0.328 e. The van der Waals surface area contributed by atoms with E-state index in [1.165, 1.54) is 7.11 Å². The number of methoxy groups -OCH3 is 1. The van der Waals surface area contributed by atoms with Gasteiger partial charge in [-0.2, -0.15) is 0 Å². The van der Waals surface area contributed by atoms with Crippen LogP contribution in [0.4, 0.5) is 0 Å². The van der Waals surface area contributed by atoms with Gasteiger partial charge in [0.05, 0.1) is 19.6 Å². The molecule has 29 heavy (non-hydrogen) atoms. The smallest absolute Gasteiger partial charge is 0.328 e. The van der Waals surface area contributed by atoms with Crippen molar-refractivity contribution >= 4 is 17.8 Å². The highest BCUT2D eigenvalue weighted by Gasteiger charge is 2.25. The van der Waals surface area contributed by atoms with Crippen LogP contribution in [0.3, 0.4) is 0 Å². The molecule has 0 saturated carbocycles. The van der Waals surface area contributed by atoms with Gasteiger partial charge in [0, 0.05) is 5.56 Å². The normalized spacial score (nSPS) is 12.7. The van der Waals surface area contributed by atoms with Crippen LogP contribution in [0.2, 0.25) is 0 Å². The highest BCUT2D eigenvalue weighted by Crippen LogP contribution is 2.18. The third-order valence-electron chi connectivity index (χ3n) is 4.46. The highest BCUT2D eigenvalue weighted by molar-refractivity contribution is 5.94. The first-order valence-electron chi connectivity index (χ1n) is 9.68. The SMILES string of the molecule is COC(=O)C(CC(C)C)NC(=O)CC(NC(=O)c1ccccc1)c1ccccc1. The molecular formula is C23H28N2O4. The van der Waals surface area contributed by atoms with Gasteiger partial charge in [-0.15, -0.1) is 0 Å². The number of carbonyl (C=O) groups is 3. The molecule has 0 aliphatic carbocycles. The van der Waals surface area contributed by atoms with Crippen LogP contribution >= 0.6 is 0 Å². The highest BCUT2D eigenvalue weighted by atomic mass is 16.5. The van der Waals surface area contributed by atoms with E-state index in [9.17, 15) is 14.4 Å². The van der Waals surface area contributed by atoms with Crippen molar-refractivity contribution in [2.45, 2.75) is 38.8 Å². The van der Waals surface area contributed by atoms with E-state index in [0.717, 1.165) is 5.56 Å². The Hall–Kier alpha value is -3.15. The Morgan fingerprint density at radius 2 is 1.48 bits per heavy atom. The molecule has 0 spiro atoms. The molecule has 0 aliphatic rings. The lowest BCUT2D eigenvalue weighted by molar-refractivity contribution is -0.145. The molecule has 0 bridgehead atoms. The molecule has 0 heterocycles. The van der Waals surface area contributed by atoms with Crippen LogP contribution in [0.25, 0.3) is 0 Å². The molecule has 154 valence electrons. The van der Waals surface area contributed by atoms with E-state index in [0.29, 0.717) is 12.0 Å². The predicted octanol–water partition coefficient (Wildman–Crippen LogP) is 3.25. The predicted molar refractivity (Wildman–Crippen MR) is 111 cm³/mol. The Bertz CT molecular complexity index is 806. The van der Waals surface area contributed by atoms with Gasteiger partial charge in [0.1, 0.15) is 6.04 Å². The molecule has 0 aliphatic heterocycles. The zero-order chi connectivity index (χ0) is 21.2. The van der Waals surface area contributed by atoms with Crippen molar-refractivity contribution < 1.29 is 19.1 Å². The molecule has 2 amide bonds. The van der Waals surface area contributed by atoms with Gasteiger partial charge in [0.25, 0.3) is 5.91 Å². The number of hydrogen-bond donors (Lipinski definition) is 2. The first-order valence-corrected chi connectivity index (χ1v) is 9.68. The molecule has 0 fully saturated rings. The van der Waals surface area contributed by atoms with E-state index in [1.807, 2.05) is 50.2 Å². The van der Waals surface area contributed by atoms with Crippen molar-refractivity contribution in [3.8, 4) is 0 Å². The molecule has 2 aromatic carbocycles. The van der Waals surface area contributed by atoms with Crippen LogP contribution < -0.4 is 10.6 Å². The van der Waals surface area contributed by atoms with Gasteiger partial charge in [-0.25, -0.2) is 4.79 Å². The molecule has 2 rings (SSSR count). The number of benzene rings is 2. The van der Waals surface area contributed by atoms with Crippen LogP contribution in [-0.2, 0) is 14.3 Å². The molecule has 2 N–H and O–H groups in total. The monoisotopic (exact) mass is 396 g/mol. The summed E-state index contributed by atoms with van der Waals surface area (Å²) in [5.41, 5.74) is 1.33. The van der Waals surface area contributed by atoms with E-state index in [1.54, 1.807) is 24.3 Å². The summed E-state index contributed by atoms with van der Waals surface area (Å²) in [6, 6.07) is 16.9. The topological polar surface area (TPSA) is 84.5 Å². The van der Waals surface area contributed by atoms with Crippen molar-refractivity contribution in [1.82, 2.24) is 10.6 Å². The number of esters is 1. The molecule has 0 aromatic heterocycles. The lowest BCUT2D eigenvalue weighted by Gasteiger charge is -2.22. The number of amides is 2. The van der Waals surface area contributed by atoms with Crippen molar-refractivity contribution in [2.75, 3.05) is 7.11 Å². The molecule has 2 unspecified atom stereocenters. The molecule has 2 atom stereocenters. The number of rotatable bonds is 9. The summed E-state index contributed by atoms with van der Waals surface area (Å²) in [5.74, 6) is -0.860. The fraction of sp³-hybridized carbons (Fsp3) is 0.348. The van der Waals surface area contributed by atoms with Crippen LogP contribution in [0, 0.1) is 5.92 Å². The van der Waals surface area contributed by atoms with E-state index in [2.05, 4.69) is 10.6 Å². The summed E-state index contributed by atoms with van der Waals surface area (Å²) < 4.78 is 4.80. The van der Waals surface area contributed by atoms with Gasteiger partial charge in [0.15, 0.2) is 0 Å². The number of carbonyl (C=O) groups excluding carboxylic acids is 3. The standard InChI is InChI=1S/C23H28N2O4/c1-16(2)14-20(23(28)29-3)24-21(26)15-19(17-10-6-4-7-11-17)25-22(27)18-12-8-5-9-13-18/h4-13,16,19-20H,14-15H2,1-3H3,(H,24,26)(H,25,27). The fourth-order valence-corrected chi connectivity index (χ4v) is 3.04. The third-order valence-corrected chi connectivity index (χ3v) is 4.46. The average molecular weight is 396 g/mol. The van der Waals surface area contributed by atoms with E-state index < -0.39 is 18.1 Å². The first kappa shape index (κ1) is 22.1. The Labute approximate surface area is 171 Å². The van der Waals surface area contributed by atoms with Gasteiger partial charge in [-0.3, -0.25) is 9.59 Å². The Kier molecular flexibility index (Phi) is 8.40. The quantitative estimate of drug-likeness (QED) is 0.637. The second-order valence-corrected chi connectivity index (χ2v) is 7.28. The molecule has 6 nitrogen and oxygen atoms in total. The Morgan fingerprint density at radius 3 is 2.03 bits per heavy atom. The van der Waals surface area contributed by atoms with Crippen LogP contribution in [0.1, 0.15) is 48.7 Å². The van der Waals surface area contributed by atoms with Crippen LogP contribution in [0.15, 0.2) is 60.7 Å². The van der Waals surface area contributed by atoms with Gasteiger partial charge < -0.3 is 15.4 Å². The number of hydrogen-bond acceptors (Lipinski definition) is 4. The Balaban J connectivity index is 2.13. The summed E-state index contributed by atoms with van der Waals surface area (Å²) in [5, 5.41) is 5.67. The average Bonchev–Trinajstić information content (AvgIpc) is 2.73. The molecular weight excluding hydrogens is 368 g/mol. The van der Waals surface area contributed by atoms with Crippen molar-refractivity contribution in [3.63, 3.8) is 0 Å². The molecule has 0 radical (unpaired) electrons. The second kappa shape index (κ2) is 11.0. The summed E-state index contributed by atoms with van der Waals surface area (Å²) in [4.78, 5) is 37.3. The van der Waals surface area contributed by atoms with Crippen LogP contribution in [-0.4, -0.2) is 30.9 Å². The van der Waals surface area contributed by atoms with E-state index >= 15 is 0 Å². The van der Waals surface area contributed by atoms with Gasteiger partial charge in [0.2, 0.25) is 5.91 Å². The zero-order valence-electron chi connectivity index (χ0n) is 17.1. The van der Waals surface area contributed by atoms with Crippen molar-refractivity contribution in [1.29, 1.82) is 0 Å². The molecule has 2 aromatic rings. The summed E-state index contributed by atoms with van der Waals surface area (Å²) in [6.45, 7) is 3.93. The van der Waals surface area contributed by atoms with Crippen molar-refractivity contribution in [2.24, 2.45) is 5.92 Å².